The number of morpholine rings is 1. The van der Waals surface area contributed by atoms with Crippen LogP contribution < -0.4 is 10.6 Å². The Morgan fingerprint density at radius 2 is 1.97 bits per heavy atom. The molecule has 2 aromatic heterocycles. The largest absolute Gasteiger partial charge is 0.465 e. The van der Waals surface area contributed by atoms with Gasteiger partial charge in [0.2, 0.25) is 0 Å². The number of anilines is 1. The lowest BCUT2D eigenvalue weighted by molar-refractivity contribution is -0.0268. The minimum Gasteiger partial charge on any atom is -0.465 e. The number of carbonyl (C=O) groups is 1. The first-order valence-corrected chi connectivity index (χ1v) is 11.2. The molecule has 1 saturated heterocycles. The topological polar surface area (TPSA) is 127 Å². The van der Waals surface area contributed by atoms with Crippen LogP contribution in [-0.4, -0.2) is 68.4 Å². The summed E-state index contributed by atoms with van der Waals surface area (Å²) in [6, 6.07) is 5.53. The summed E-state index contributed by atoms with van der Waals surface area (Å²) in [5.41, 5.74) is 3.58. The summed E-state index contributed by atoms with van der Waals surface area (Å²) >= 11 is 0. The Morgan fingerprint density at radius 1 is 1.18 bits per heavy atom. The molecule has 5 rings (SSSR count). The van der Waals surface area contributed by atoms with Crippen molar-refractivity contribution in [3.8, 4) is 11.4 Å². The number of nitrogens with one attached hydrogen (secondary N) is 2. The fourth-order valence-electron chi connectivity index (χ4n) is 4.50. The highest BCUT2D eigenvalue weighted by atomic mass is 16.5. The van der Waals surface area contributed by atoms with Crippen molar-refractivity contribution < 1.29 is 14.6 Å². The lowest BCUT2D eigenvalue weighted by Gasteiger charge is -2.41. The Kier molecular flexibility index (Phi) is 5.12. The molecule has 2 aliphatic heterocycles. The van der Waals surface area contributed by atoms with Gasteiger partial charge in [-0.25, -0.2) is 19.6 Å². The molecule has 1 atom stereocenters. The number of hydrogen-bond acceptors (Lipinski definition) is 6. The molecule has 3 N–H and O–H groups in total. The second-order valence-electron chi connectivity index (χ2n) is 9.76. The van der Waals surface area contributed by atoms with Crippen LogP contribution in [0.5, 0.6) is 0 Å². The molecule has 1 aromatic carbocycles. The highest BCUT2D eigenvalue weighted by Crippen LogP contribution is 2.33. The summed E-state index contributed by atoms with van der Waals surface area (Å²) in [4.78, 5) is 42.2. The Morgan fingerprint density at radius 3 is 2.73 bits per heavy atom. The van der Waals surface area contributed by atoms with Crippen molar-refractivity contribution in [3.63, 3.8) is 0 Å². The number of rotatable bonds is 2. The maximum atomic E-state index is 11.7. The molecule has 174 valence electrons. The summed E-state index contributed by atoms with van der Waals surface area (Å²) in [5.74, 6) is 1.36. The van der Waals surface area contributed by atoms with Gasteiger partial charge in [-0.1, -0.05) is 20.8 Å². The Balaban J connectivity index is 1.60. The number of carboxylic acid groups (broad SMARTS) is 1. The number of H-pyrrole nitrogens is 2. The standard InChI is InChI=1S/C23H28N6O4/c1-23(2,3)18-12-28(8-9-33-18)20-14-6-7-29(22(31)32)11-17(14)24-19(27-20)13-4-5-15-16(10-13)26-21(30)25-15/h4-5,10,18H,6-9,11-12H2,1-3H3,(H,31,32)(H2,25,26,30). The van der Waals surface area contributed by atoms with E-state index in [1.54, 1.807) is 0 Å². The third kappa shape index (κ3) is 4.06. The van der Waals surface area contributed by atoms with Gasteiger partial charge in [0.25, 0.3) is 0 Å². The van der Waals surface area contributed by atoms with E-state index in [1.165, 1.54) is 4.90 Å². The minimum atomic E-state index is -0.951. The van der Waals surface area contributed by atoms with Gasteiger partial charge in [0.05, 0.1) is 36.0 Å². The van der Waals surface area contributed by atoms with Gasteiger partial charge in [-0.15, -0.1) is 0 Å². The number of hydrogen-bond donors (Lipinski definition) is 3. The molecular weight excluding hydrogens is 424 g/mol. The maximum Gasteiger partial charge on any atom is 0.407 e. The normalized spacial score (nSPS) is 19.1. The number of imidazole rings is 1. The second-order valence-corrected chi connectivity index (χ2v) is 9.76. The first-order valence-electron chi connectivity index (χ1n) is 11.2. The third-order valence-corrected chi connectivity index (χ3v) is 6.42. The maximum absolute atomic E-state index is 11.7. The van der Waals surface area contributed by atoms with Gasteiger partial charge in [0.15, 0.2) is 5.82 Å². The van der Waals surface area contributed by atoms with Crippen LogP contribution in [0.25, 0.3) is 22.4 Å². The lowest BCUT2D eigenvalue weighted by Crippen LogP contribution is -2.49. The van der Waals surface area contributed by atoms with Crippen LogP contribution >= 0.6 is 0 Å². The Bertz CT molecular complexity index is 1270. The van der Waals surface area contributed by atoms with Gasteiger partial charge in [-0.2, -0.15) is 0 Å². The van der Waals surface area contributed by atoms with E-state index >= 15 is 0 Å². The van der Waals surface area contributed by atoms with Crippen molar-refractivity contribution in [1.82, 2.24) is 24.8 Å². The van der Waals surface area contributed by atoms with E-state index in [0.717, 1.165) is 22.6 Å². The molecule has 1 unspecified atom stereocenters. The molecule has 4 heterocycles. The average molecular weight is 453 g/mol. The molecule has 0 radical (unpaired) electrons. The molecule has 2 aliphatic rings. The molecule has 10 nitrogen and oxygen atoms in total. The zero-order valence-electron chi connectivity index (χ0n) is 19.0. The van der Waals surface area contributed by atoms with Crippen molar-refractivity contribution in [3.05, 3.63) is 39.9 Å². The van der Waals surface area contributed by atoms with Gasteiger partial charge in [-0.3, -0.25) is 0 Å². The monoisotopic (exact) mass is 452 g/mol. The minimum absolute atomic E-state index is 0.0140. The Labute approximate surface area is 190 Å². The zero-order valence-corrected chi connectivity index (χ0v) is 19.0. The van der Waals surface area contributed by atoms with Crippen LogP contribution in [-0.2, 0) is 17.7 Å². The molecular formula is C23H28N6O4. The number of fused-ring (bicyclic) bond motifs is 2. The summed E-state index contributed by atoms with van der Waals surface area (Å²) < 4.78 is 6.04. The lowest BCUT2D eigenvalue weighted by atomic mass is 9.88. The van der Waals surface area contributed by atoms with Crippen molar-refractivity contribution in [2.45, 2.75) is 39.8 Å². The van der Waals surface area contributed by atoms with E-state index in [1.807, 2.05) is 18.2 Å². The number of benzene rings is 1. The van der Waals surface area contributed by atoms with Gasteiger partial charge >= 0.3 is 11.8 Å². The van der Waals surface area contributed by atoms with Gasteiger partial charge in [0.1, 0.15) is 5.82 Å². The van der Waals surface area contributed by atoms with Gasteiger partial charge < -0.3 is 29.6 Å². The molecule has 3 aromatic rings. The predicted molar refractivity (Wildman–Crippen MR) is 123 cm³/mol. The summed E-state index contributed by atoms with van der Waals surface area (Å²) in [6.45, 7) is 9.17. The van der Waals surface area contributed by atoms with Crippen LogP contribution in [0.15, 0.2) is 23.0 Å². The summed E-state index contributed by atoms with van der Waals surface area (Å²) in [6.07, 6.45) is -0.326. The highest BCUT2D eigenvalue weighted by molar-refractivity contribution is 5.80. The molecule has 0 saturated carbocycles. The second kappa shape index (κ2) is 7.87. The third-order valence-electron chi connectivity index (χ3n) is 6.42. The quantitative estimate of drug-likeness (QED) is 0.545. The van der Waals surface area contributed by atoms with Gasteiger partial charge in [0, 0.05) is 30.8 Å². The zero-order chi connectivity index (χ0) is 23.3. The smallest absolute Gasteiger partial charge is 0.407 e. The average Bonchev–Trinajstić information content (AvgIpc) is 3.16. The summed E-state index contributed by atoms with van der Waals surface area (Å²) in [5, 5.41) is 9.53. The van der Waals surface area contributed by atoms with Crippen molar-refractivity contribution in [1.29, 1.82) is 0 Å². The molecule has 0 bridgehead atoms. The molecule has 33 heavy (non-hydrogen) atoms. The van der Waals surface area contributed by atoms with E-state index in [0.29, 0.717) is 49.5 Å². The van der Waals surface area contributed by atoms with E-state index in [4.69, 9.17) is 14.7 Å². The van der Waals surface area contributed by atoms with Crippen LogP contribution in [0, 0.1) is 5.41 Å². The molecule has 0 aliphatic carbocycles. The van der Waals surface area contributed by atoms with E-state index in [9.17, 15) is 14.7 Å². The van der Waals surface area contributed by atoms with Crippen LogP contribution in [0.2, 0.25) is 0 Å². The van der Waals surface area contributed by atoms with E-state index < -0.39 is 6.09 Å². The first kappa shape index (κ1) is 21.4. The SMILES string of the molecule is CC(C)(C)C1CN(c2nc(-c3ccc4[nH]c(=O)[nH]c4c3)nc3c2CCN(C(=O)O)C3)CCO1. The molecule has 10 heteroatoms. The number of ether oxygens (including phenoxy) is 1. The number of nitrogens with zero attached hydrogens (tertiary/aromatic N) is 4. The van der Waals surface area contributed by atoms with Crippen molar-refractivity contribution in [2.24, 2.45) is 5.41 Å². The van der Waals surface area contributed by atoms with E-state index in [-0.39, 0.29) is 23.8 Å². The Hall–Kier alpha value is -3.40. The van der Waals surface area contributed by atoms with Crippen LogP contribution in [0.1, 0.15) is 32.0 Å². The van der Waals surface area contributed by atoms with Crippen molar-refractivity contribution in [2.75, 3.05) is 31.1 Å². The fourth-order valence-corrected chi connectivity index (χ4v) is 4.50. The molecule has 1 fully saturated rings. The van der Waals surface area contributed by atoms with Gasteiger partial charge in [-0.05, 0) is 30.0 Å². The van der Waals surface area contributed by atoms with Crippen molar-refractivity contribution >= 4 is 22.9 Å². The number of amides is 1. The van der Waals surface area contributed by atoms with Crippen LogP contribution in [0.3, 0.4) is 0 Å². The number of aromatic amines is 2. The molecule has 1 amide bonds. The molecule has 0 spiro atoms. The number of aromatic nitrogens is 4. The predicted octanol–water partition coefficient (Wildman–Crippen LogP) is 2.60. The summed E-state index contributed by atoms with van der Waals surface area (Å²) in [7, 11) is 0. The van der Waals surface area contributed by atoms with Crippen LogP contribution in [0.4, 0.5) is 10.6 Å². The fraction of sp³-hybridized carbons (Fsp3) is 0.478. The van der Waals surface area contributed by atoms with E-state index in [2.05, 4.69) is 35.6 Å². The highest BCUT2D eigenvalue weighted by Gasteiger charge is 2.34. The first-order chi connectivity index (χ1) is 15.7.